The number of carbonyl (C=O) groups is 1. The second-order valence-corrected chi connectivity index (χ2v) is 8.16. The fourth-order valence-corrected chi connectivity index (χ4v) is 3.84. The number of ketones is 1. The van der Waals surface area contributed by atoms with Crippen LogP contribution in [-0.2, 0) is 23.8 Å². The van der Waals surface area contributed by atoms with Gasteiger partial charge in [0, 0.05) is 23.2 Å². The average Bonchev–Trinajstić information content (AvgIpc) is 3.09. The van der Waals surface area contributed by atoms with Crippen molar-refractivity contribution < 1.29 is 18.0 Å². The third-order valence-corrected chi connectivity index (χ3v) is 5.58. The number of anilines is 1. The van der Waals surface area contributed by atoms with Crippen LogP contribution in [0.3, 0.4) is 0 Å². The Labute approximate surface area is 171 Å². The molecule has 3 aromatic rings. The Morgan fingerprint density at radius 3 is 2.62 bits per heavy atom. The van der Waals surface area contributed by atoms with Crippen LogP contribution in [0.25, 0.3) is 0 Å². The Morgan fingerprint density at radius 2 is 1.90 bits per heavy atom. The van der Waals surface area contributed by atoms with E-state index >= 15 is 0 Å². The fraction of sp³-hybridized carbons (Fsp3) is 0.273. The smallest absolute Gasteiger partial charge is 0.378 e. The SMILES string of the molecule is Cc1ccc(NCC(=O)Cc2ncc(Cc3cccc(C(F)(F)F)c3)s2)cc1C. The number of benzene rings is 2. The van der Waals surface area contributed by atoms with Gasteiger partial charge in [-0.25, -0.2) is 4.98 Å². The standard InChI is InChI=1S/C22H21F3N2OS/c1-14-6-7-18(8-15(14)2)26-12-19(28)11-21-27-13-20(29-21)10-16-4-3-5-17(9-16)22(23,24)25/h3-9,13,26H,10-12H2,1-2H3. The summed E-state index contributed by atoms with van der Waals surface area (Å²) in [6, 6.07) is 11.2. The third kappa shape index (κ3) is 5.90. The summed E-state index contributed by atoms with van der Waals surface area (Å²) in [6.07, 6.45) is -2.17. The minimum absolute atomic E-state index is 0.00296. The molecule has 0 aliphatic rings. The molecule has 7 heteroatoms. The monoisotopic (exact) mass is 418 g/mol. The minimum Gasteiger partial charge on any atom is -0.378 e. The zero-order chi connectivity index (χ0) is 21.0. The highest BCUT2D eigenvalue weighted by molar-refractivity contribution is 7.11. The van der Waals surface area contributed by atoms with Crippen molar-refractivity contribution in [2.75, 3.05) is 11.9 Å². The predicted octanol–water partition coefficient (Wildman–Crippen LogP) is 5.59. The molecule has 0 spiro atoms. The van der Waals surface area contributed by atoms with Crippen LogP contribution in [0, 0.1) is 13.8 Å². The Balaban J connectivity index is 1.56. The highest BCUT2D eigenvalue weighted by atomic mass is 32.1. The number of thiazole rings is 1. The van der Waals surface area contributed by atoms with E-state index in [1.54, 1.807) is 12.3 Å². The first-order valence-electron chi connectivity index (χ1n) is 9.13. The van der Waals surface area contributed by atoms with Gasteiger partial charge in [0.15, 0.2) is 5.78 Å². The van der Waals surface area contributed by atoms with E-state index in [4.69, 9.17) is 0 Å². The lowest BCUT2D eigenvalue weighted by Gasteiger charge is -2.08. The Bertz CT molecular complexity index is 1010. The Hall–Kier alpha value is -2.67. The van der Waals surface area contributed by atoms with Gasteiger partial charge in [0.25, 0.3) is 0 Å². The van der Waals surface area contributed by atoms with Crippen molar-refractivity contribution >= 4 is 22.8 Å². The van der Waals surface area contributed by atoms with Gasteiger partial charge in [-0.3, -0.25) is 4.79 Å². The van der Waals surface area contributed by atoms with E-state index in [0.29, 0.717) is 17.0 Å². The van der Waals surface area contributed by atoms with Crippen LogP contribution in [0.4, 0.5) is 18.9 Å². The molecule has 0 aliphatic heterocycles. The van der Waals surface area contributed by atoms with E-state index < -0.39 is 11.7 Å². The van der Waals surface area contributed by atoms with Crippen LogP contribution in [0.15, 0.2) is 48.7 Å². The van der Waals surface area contributed by atoms with Gasteiger partial charge in [-0.1, -0.05) is 24.3 Å². The number of hydrogen-bond acceptors (Lipinski definition) is 4. The average molecular weight is 418 g/mol. The molecule has 29 heavy (non-hydrogen) atoms. The lowest BCUT2D eigenvalue weighted by atomic mass is 10.1. The molecule has 1 N–H and O–H groups in total. The van der Waals surface area contributed by atoms with Gasteiger partial charge in [-0.05, 0) is 48.7 Å². The van der Waals surface area contributed by atoms with Crippen LogP contribution < -0.4 is 5.32 Å². The van der Waals surface area contributed by atoms with Crippen molar-refractivity contribution in [3.63, 3.8) is 0 Å². The maximum absolute atomic E-state index is 12.8. The van der Waals surface area contributed by atoms with Crippen molar-refractivity contribution in [3.05, 3.63) is 80.8 Å². The number of rotatable bonds is 7. The molecule has 0 aliphatic carbocycles. The summed E-state index contributed by atoms with van der Waals surface area (Å²) < 4.78 is 38.5. The number of nitrogens with zero attached hydrogens (tertiary/aromatic N) is 1. The second kappa shape index (κ2) is 8.78. The molecular formula is C22H21F3N2OS. The molecule has 3 rings (SSSR count). The second-order valence-electron chi connectivity index (χ2n) is 6.96. The normalized spacial score (nSPS) is 11.5. The van der Waals surface area contributed by atoms with E-state index in [1.807, 2.05) is 32.0 Å². The van der Waals surface area contributed by atoms with E-state index in [-0.39, 0.29) is 18.7 Å². The predicted molar refractivity (Wildman–Crippen MR) is 109 cm³/mol. The van der Waals surface area contributed by atoms with Gasteiger partial charge >= 0.3 is 6.18 Å². The molecule has 3 nitrogen and oxygen atoms in total. The molecule has 0 radical (unpaired) electrons. The summed E-state index contributed by atoms with van der Waals surface area (Å²) in [6.45, 7) is 4.25. The zero-order valence-electron chi connectivity index (χ0n) is 16.1. The molecule has 0 atom stereocenters. The largest absolute Gasteiger partial charge is 0.416 e. The minimum atomic E-state index is -4.36. The number of alkyl halides is 3. The van der Waals surface area contributed by atoms with E-state index in [1.165, 1.54) is 23.0 Å². The van der Waals surface area contributed by atoms with Crippen LogP contribution in [-0.4, -0.2) is 17.3 Å². The summed E-state index contributed by atoms with van der Waals surface area (Å²) in [7, 11) is 0. The van der Waals surface area contributed by atoms with E-state index in [0.717, 1.165) is 28.3 Å². The number of carbonyl (C=O) groups excluding carboxylic acids is 1. The molecule has 0 unspecified atom stereocenters. The number of aryl methyl sites for hydroxylation is 2. The summed E-state index contributed by atoms with van der Waals surface area (Å²) in [5, 5.41) is 3.79. The van der Waals surface area contributed by atoms with Gasteiger partial charge in [0.05, 0.1) is 18.5 Å². The highest BCUT2D eigenvalue weighted by Gasteiger charge is 2.30. The molecule has 0 fully saturated rings. The zero-order valence-corrected chi connectivity index (χ0v) is 17.0. The summed E-state index contributed by atoms with van der Waals surface area (Å²) in [5.41, 5.74) is 3.15. The van der Waals surface area contributed by atoms with Crippen LogP contribution in [0.5, 0.6) is 0 Å². The number of hydrogen-bond donors (Lipinski definition) is 1. The quantitative estimate of drug-likeness (QED) is 0.544. The van der Waals surface area contributed by atoms with Crippen molar-refractivity contribution in [1.82, 2.24) is 4.98 Å². The first-order chi connectivity index (χ1) is 13.7. The van der Waals surface area contributed by atoms with Gasteiger partial charge in [0.2, 0.25) is 0 Å². The molecule has 0 saturated carbocycles. The highest BCUT2D eigenvalue weighted by Crippen LogP contribution is 2.30. The number of aromatic nitrogens is 1. The van der Waals surface area contributed by atoms with E-state index in [2.05, 4.69) is 10.3 Å². The molecule has 0 amide bonds. The molecule has 152 valence electrons. The molecular weight excluding hydrogens is 397 g/mol. The molecule has 1 aromatic heterocycles. The summed E-state index contributed by atoms with van der Waals surface area (Å²) in [4.78, 5) is 17.3. The van der Waals surface area contributed by atoms with E-state index in [9.17, 15) is 18.0 Å². The third-order valence-electron chi connectivity index (χ3n) is 4.58. The fourth-order valence-electron chi connectivity index (χ4n) is 2.85. The van der Waals surface area contributed by atoms with Crippen LogP contribution in [0.1, 0.15) is 32.1 Å². The van der Waals surface area contributed by atoms with Gasteiger partial charge < -0.3 is 5.32 Å². The first kappa shape index (κ1) is 21.0. The Kier molecular flexibility index (Phi) is 6.37. The van der Waals surface area contributed by atoms with Gasteiger partial charge in [-0.2, -0.15) is 13.2 Å². The van der Waals surface area contributed by atoms with Crippen molar-refractivity contribution in [2.24, 2.45) is 0 Å². The Morgan fingerprint density at radius 1 is 1.10 bits per heavy atom. The topological polar surface area (TPSA) is 42.0 Å². The molecule has 0 bridgehead atoms. The first-order valence-corrected chi connectivity index (χ1v) is 9.95. The van der Waals surface area contributed by atoms with Crippen molar-refractivity contribution in [1.29, 1.82) is 0 Å². The van der Waals surface area contributed by atoms with Crippen molar-refractivity contribution in [2.45, 2.75) is 32.9 Å². The summed E-state index contributed by atoms with van der Waals surface area (Å²) >= 11 is 1.35. The number of halogens is 3. The maximum atomic E-state index is 12.8. The molecule has 1 heterocycles. The molecule has 2 aromatic carbocycles. The number of Topliss-reactive ketones (excluding diaryl/α,β-unsaturated/α-hetero) is 1. The van der Waals surface area contributed by atoms with Crippen LogP contribution >= 0.6 is 11.3 Å². The lowest BCUT2D eigenvalue weighted by Crippen LogP contribution is -2.15. The summed E-state index contributed by atoms with van der Waals surface area (Å²) in [5.74, 6) is 0.00296. The van der Waals surface area contributed by atoms with Gasteiger partial charge in [0.1, 0.15) is 5.01 Å². The number of nitrogens with one attached hydrogen (secondary N) is 1. The van der Waals surface area contributed by atoms with Crippen LogP contribution in [0.2, 0.25) is 0 Å². The van der Waals surface area contributed by atoms with Crippen molar-refractivity contribution in [3.8, 4) is 0 Å². The lowest BCUT2D eigenvalue weighted by molar-refractivity contribution is -0.137. The maximum Gasteiger partial charge on any atom is 0.416 e. The van der Waals surface area contributed by atoms with Gasteiger partial charge in [-0.15, -0.1) is 11.3 Å². The molecule has 0 saturated heterocycles.